The molecular weight excluding hydrogens is 314 g/mol. The predicted octanol–water partition coefficient (Wildman–Crippen LogP) is 2.69. The van der Waals surface area contributed by atoms with Crippen LogP contribution in [0.5, 0.6) is 0 Å². The van der Waals surface area contributed by atoms with E-state index in [0.29, 0.717) is 17.5 Å². The van der Waals surface area contributed by atoms with Gasteiger partial charge < -0.3 is 10.3 Å². The van der Waals surface area contributed by atoms with Crippen LogP contribution >= 0.6 is 0 Å². The largest absolute Gasteiger partial charge is 0.352 e. The average Bonchev–Trinajstić information content (AvgIpc) is 3.29. The Labute approximate surface area is 137 Å². The van der Waals surface area contributed by atoms with Crippen molar-refractivity contribution in [3.63, 3.8) is 0 Å². The third-order valence-corrected chi connectivity index (χ3v) is 4.43. The van der Waals surface area contributed by atoms with Gasteiger partial charge in [0.25, 0.3) is 5.56 Å². The van der Waals surface area contributed by atoms with E-state index in [1.165, 1.54) is 6.07 Å². The van der Waals surface area contributed by atoms with Gasteiger partial charge in [-0.25, -0.2) is 8.78 Å². The van der Waals surface area contributed by atoms with Gasteiger partial charge in [0.15, 0.2) is 11.6 Å². The number of H-pyrrole nitrogens is 1. The van der Waals surface area contributed by atoms with Gasteiger partial charge in [-0.1, -0.05) is 6.07 Å². The summed E-state index contributed by atoms with van der Waals surface area (Å²) in [7, 11) is 0. The van der Waals surface area contributed by atoms with Gasteiger partial charge in [-0.3, -0.25) is 9.59 Å². The molecule has 2 aromatic rings. The molecule has 1 aliphatic rings. The van der Waals surface area contributed by atoms with Crippen molar-refractivity contribution in [1.29, 1.82) is 0 Å². The van der Waals surface area contributed by atoms with Crippen molar-refractivity contribution >= 4 is 5.91 Å². The molecule has 1 aromatic carbocycles. The van der Waals surface area contributed by atoms with Crippen molar-refractivity contribution in [3.05, 3.63) is 68.6 Å². The minimum absolute atomic E-state index is 0.0995. The molecule has 2 atom stereocenters. The standard InChI is InChI=1S/C18H18F2N2O2/c1-9-5-10(2)22-18(24)14(9)8-21-17(23)13-7-12(13)11-3-4-15(19)16(20)6-11/h3-6,12-13H,7-8H2,1-2H3,(H,21,23)(H,22,24). The predicted molar refractivity (Wildman–Crippen MR) is 85.6 cm³/mol. The molecule has 0 saturated heterocycles. The summed E-state index contributed by atoms with van der Waals surface area (Å²) < 4.78 is 26.2. The topological polar surface area (TPSA) is 62.0 Å². The van der Waals surface area contributed by atoms with Crippen molar-refractivity contribution < 1.29 is 13.6 Å². The van der Waals surface area contributed by atoms with E-state index < -0.39 is 11.6 Å². The highest BCUT2D eigenvalue weighted by molar-refractivity contribution is 5.82. The Kier molecular flexibility index (Phi) is 4.22. The van der Waals surface area contributed by atoms with Crippen molar-refractivity contribution in [2.24, 2.45) is 5.92 Å². The zero-order valence-electron chi connectivity index (χ0n) is 13.5. The zero-order valence-corrected chi connectivity index (χ0v) is 13.5. The van der Waals surface area contributed by atoms with Crippen LogP contribution in [-0.4, -0.2) is 10.9 Å². The van der Waals surface area contributed by atoms with Crippen LogP contribution in [-0.2, 0) is 11.3 Å². The van der Waals surface area contributed by atoms with E-state index in [-0.39, 0.29) is 29.8 Å². The molecule has 1 heterocycles. The van der Waals surface area contributed by atoms with Gasteiger partial charge in [0.2, 0.25) is 5.91 Å². The minimum atomic E-state index is -0.902. The van der Waals surface area contributed by atoms with Crippen LogP contribution in [0.1, 0.15) is 34.7 Å². The van der Waals surface area contributed by atoms with Crippen LogP contribution in [0.3, 0.4) is 0 Å². The van der Waals surface area contributed by atoms with Crippen molar-refractivity contribution in [1.82, 2.24) is 10.3 Å². The summed E-state index contributed by atoms with van der Waals surface area (Å²) in [6, 6.07) is 5.57. The second kappa shape index (κ2) is 6.19. The molecule has 0 radical (unpaired) electrons. The maximum absolute atomic E-state index is 13.3. The number of nitrogens with one attached hydrogen (secondary N) is 2. The molecule has 2 unspecified atom stereocenters. The number of aromatic nitrogens is 1. The third-order valence-electron chi connectivity index (χ3n) is 4.43. The molecular formula is C18H18F2N2O2. The van der Waals surface area contributed by atoms with Crippen LogP contribution in [0.15, 0.2) is 29.1 Å². The highest BCUT2D eigenvalue weighted by atomic mass is 19.2. The second-order valence-electron chi connectivity index (χ2n) is 6.28. The van der Waals surface area contributed by atoms with Crippen molar-refractivity contribution in [2.45, 2.75) is 32.7 Å². The Balaban J connectivity index is 1.63. The summed E-state index contributed by atoms with van der Waals surface area (Å²) in [4.78, 5) is 26.9. The van der Waals surface area contributed by atoms with E-state index in [1.54, 1.807) is 6.92 Å². The number of halogens is 2. The first-order valence-electron chi connectivity index (χ1n) is 7.79. The highest BCUT2D eigenvalue weighted by Crippen LogP contribution is 2.47. The number of hydrogen-bond acceptors (Lipinski definition) is 2. The SMILES string of the molecule is Cc1cc(C)c(CNC(=O)C2CC2c2ccc(F)c(F)c2)c(=O)[nH]1. The number of amides is 1. The van der Waals surface area contributed by atoms with Crippen molar-refractivity contribution in [3.8, 4) is 0 Å². The third kappa shape index (κ3) is 3.22. The summed E-state index contributed by atoms with van der Waals surface area (Å²) in [6.45, 7) is 3.78. The number of pyridine rings is 1. The maximum atomic E-state index is 13.3. The fraction of sp³-hybridized carbons (Fsp3) is 0.333. The summed E-state index contributed by atoms with van der Waals surface area (Å²) in [5.41, 5.74) is 2.54. The second-order valence-corrected chi connectivity index (χ2v) is 6.28. The van der Waals surface area contributed by atoms with Gasteiger partial charge in [-0.05, 0) is 55.5 Å². The number of carbonyl (C=O) groups excluding carboxylic acids is 1. The van der Waals surface area contributed by atoms with E-state index in [0.717, 1.165) is 23.4 Å². The van der Waals surface area contributed by atoms with Crippen LogP contribution in [0.2, 0.25) is 0 Å². The number of benzene rings is 1. The molecule has 1 fully saturated rings. The first-order valence-corrected chi connectivity index (χ1v) is 7.79. The normalized spacial score (nSPS) is 19.2. The van der Waals surface area contributed by atoms with Gasteiger partial charge in [0, 0.05) is 23.7 Å². The van der Waals surface area contributed by atoms with Crippen molar-refractivity contribution in [2.75, 3.05) is 0 Å². The Hall–Kier alpha value is -2.50. The number of rotatable bonds is 4. The molecule has 6 heteroatoms. The quantitative estimate of drug-likeness (QED) is 0.904. The molecule has 1 amide bonds. The minimum Gasteiger partial charge on any atom is -0.352 e. The van der Waals surface area contributed by atoms with Gasteiger partial charge >= 0.3 is 0 Å². The summed E-state index contributed by atoms with van der Waals surface area (Å²) >= 11 is 0. The lowest BCUT2D eigenvalue weighted by atomic mass is 10.1. The van der Waals surface area contributed by atoms with E-state index >= 15 is 0 Å². The van der Waals surface area contributed by atoms with Gasteiger partial charge in [-0.2, -0.15) is 0 Å². The Morgan fingerprint density at radius 2 is 2.00 bits per heavy atom. The molecule has 24 heavy (non-hydrogen) atoms. The van der Waals surface area contributed by atoms with E-state index in [2.05, 4.69) is 10.3 Å². The van der Waals surface area contributed by atoms with Gasteiger partial charge in [0.1, 0.15) is 0 Å². The first kappa shape index (κ1) is 16.4. The lowest BCUT2D eigenvalue weighted by Gasteiger charge is -2.08. The summed E-state index contributed by atoms with van der Waals surface area (Å²) in [5, 5.41) is 2.76. The van der Waals surface area contributed by atoms with Gasteiger partial charge in [0.05, 0.1) is 0 Å². The molecule has 2 N–H and O–H groups in total. The molecule has 1 aliphatic carbocycles. The maximum Gasteiger partial charge on any atom is 0.253 e. The fourth-order valence-corrected chi connectivity index (χ4v) is 3.00. The molecule has 4 nitrogen and oxygen atoms in total. The summed E-state index contributed by atoms with van der Waals surface area (Å²) in [5.74, 6) is -2.34. The number of aryl methyl sites for hydroxylation is 2. The molecule has 0 bridgehead atoms. The number of hydrogen-bond donors (Lipinski definition) is 2. The molecule has 0 spiro atoms. The zero-order chi connectivity index (χ0) is 17.4. The highest BCUT2D eigenvalue weighted by Gasteiger charge is 2.44. The van der Waals surface area contributed by atoms with Crippen LogP contribution < -0.4 is 10.9 Å². The van der Waals surface area contributed by atoms with E-state index in [9.17, 15) is 18.4 Å². The van der Waals surface area contributed by atoms with Crippen LogP contribution in [0, 0.1) is 31.4 Å². The van der Waals surface area contributed by atoms with E-state index in [1.807, 2.05) is 13.0 Å². The molecule has 1 aromatic heterocycles. The first-order chi connectivity index (χ1) is 11.4. The Morgan fingerprint density at radius 1 is 1.25 bits per heavy atom. The fourth-order valence-electron chi connectivity index (χ4n) is 3.00. The number of aromatic amines is 1. The van der Waals surface area contributed by atoms with E-state index in [4.69, 9.17) is 0 Å². The Bertz CT molecular complexity index is 861. The molecule has 3 rings (SSSR count). The molecule has 1 saturated carbocycles. The lowest BCUT2D eigenvalue weighted by Crippen LogP contribution is -2.29. The number of carbonyl (C=O) groups is 1. The monoisotopic (exact) mass is 332 g/mol. The summed E-state index contributed by atoms with van der Waals surface area (Å²) in [6.07, 6.45) is 0.597. The smallest absolute Gasteiger partial charge is 0.253 e. The van der Waals surface area contributed by atoms with Crippen LogP contribution in [0.4, 0.5) is 8.78 Å². The van der Waals surface area contributed by atoms with Gasteiger partial charge in [-0.15, -0.1) is 0 Å². The van der Waals surface area contributed by atoms with Crippen LogP contribution in [0.25, 0.3) is 0 Å². The Morgan fingerprint density at radius 3 is 2.67 bits per heavy atom. The average molecular weight is 332 g/mol. The molecule has 0 aliphatic heterocycles. The lowest BCUT2D eigenvalue weighted by molar-refractivity contribution is -0.122. The molecule has 126 valence electrons.